The molecule has 1 aliphatic carbocycles. The summed E-state index contributed by atoms with van der Waals surface area (Å²) in [4.78, 5) is 18.8. The van der Waals surface area contributed by atoms with Crippen LogP contribution in [0.5, 0.6) is 0 Å². The molecule has 3 fully saturated rings. The summed E-state index contributed by atoms with van der Waals surface area (Å²) in [5.74, 6) is 0. The van der Waals surface area contributed by atoms with Gasteiger partial charge in [-0.15, -0.1) is 0 Å². The first-order chi connectivity index (χ1) is 9.81. The molecule has 2 amide bonds. The summed E-state index contributed by atoms with van der Waals surface area (Å²) in [6.45, 7) is 9.82. The molecule has 1 saturated carbocycles. The zero-order valence-electron chi connectivity index (χ0n) is 12.2. The highest BCUT2D eigenvalue weighted by atomic mass is 16.5. The Hall–Kier alpha value is -0.850. The molecule has 0 spiro atoms. The molecule has 0 bridgehead atoms. The maximum atomic E-state index is 11.9. The van der Waals surface area contributed by atoms with Crippen molar-refractivity contribution < 1.29 is 9.53 Å². The average Bonchev–Trinajstić information content (AvgIpc) is 3.31. The first kappa shape index (κ1) is 14.1. The smallest absolute Gasteiger partial charge is 0.317 e. The van der Waals surface area contributed by atoms with Crippen molar-refractivity contribution in [2.45, 2.75) is 18.9 Å². The average molecular weight is 282 g/mol. The Morgan fingerprint density at radius 3 is 2.15 bits per heavy atom. The molecule has 0 atom stereocenters. The van der Waals surface area contributed by atoms with E-state index in [0.29, 0.717) is 6.04 Å². The van der Waals surface area contributed by atoms with Crippen molar-refractivity contribution in [3.05, 3.63) is 0 Å². The van der Waals surface area contributed by atoms with Crippen molar-refractivity contribution in [1.29, 1.82) is 0 Å². The normalized spacial score (nSPS) is 25.7. The predicted molar refractivity (Wildman–Crippen MR) is 76.8 cm³/mol. The third-order valence-corrected chi connectivity index (χ3v) is 4.40. The molecule has 1 N–H and O–H groups in total. The Morgan fingerprint density at radius 2 is 1.55 bits per heavy atom. The Balaban J connectivity index is 1.32. The zero-order valence-corrected chi connectivity index (χ0v) is 12.2. The molecule has 0 radical (unpaired) electrons. The number of ether oxygens (including phenoxy) is 1. The summed E-state index contributed by atoms with van der Waals surface area (Å²) in [7, 11) is 0. The first-order valence-corrected chi connectivity index (χ1v) is 7.89. The van der Waals surface area contributed by atoms with Crippen LogP contribution in [0.3, 0.4) is 0 Å². The highest BCUT2D eigenvalue weighted by molar-refractivity contribution is 5.75. The van der Waals surface area contributed by atoms with Crippen molar-refractivity contribution in [1.82, 2.24) is 20.0 Å². The molecular weight excluding hydrogens is 256 g/mol. The van der Waals surface area contributed by atoms with Gasteiger partial charge in [0.15, 0.2) is 0 Å². The number of amides is 2. The van der Waals surface area contributed by atoms with Gasteiger partial charge in [-0.2, -0.15) is 0 Å². The van der Waals surface area contributed by atoms with Crippen LogP contribution in [0.15, 0.2) is 0 Å². The maximum Gasteiger partial charge on any atom is 0.317 e. The van der Waals surface area contributed by atoms with Crippen LogP contribution in [0.25, 0.3) is 0 Å². The van der Waals surface area contributed by atoms with Crippen LogP contribution >= 0.6 is 0 Å². The van der Waals surface area contributed by atoms with Gasteiger partial charge in [0.1, 0.15) is 0 Å². The number of rotatable bonds is 4. The van der Waals surface area contributed by atoms with Crippen LogP contribution < -0.4 is 5.32 Å². The van der Waals surface area contributed by atoms with Gasteiger partial charge in [-0.1, -0.05) is 0 Å². The van der Waals surface area contributed by atoms with Crippen LogP contribution in [0.4, 0.5) is 4.79 Å². The molecule has 0 aromatic heterocycles. The molecule has 6 heteroatoms. The van der Waals surface area contributed by atoms with E-state index in [9.17, 15) is 4.79 Å². The fourth-order valence-electron chi connectivity index (χ4n) is 2.78. The van der Waals surface area contributed by atoms with Gasteiger partial charge in [-0.25, -0.2) is 4.79 Å². The number of nitrogens with one attached hydrogen (secondary N) is 1. The van der Waals surface area contributed by atoms with Gasteiger partial charge in [0.05, 0.1) is 13.2 Å². The first-order valence-electron chi connectivity index (χ1n) is 7.89. The number of piperazine rings is 1. The Morgan fingerprint density at radius 1 is 0.950 bits per heavy atom. The Labute approximate surface area is 121 Å². The summed E-state index contributed by atoms with van der Waals surface area (Å²) in [5.41, 5.74) is 0. The standard InChI is InChI=1S/C14H26N4O2/c19-14(15-13-1-2-13)18-7-5-16(6-8-18)3-4-17-9-11-20-12-10-17/h13H,1-12H2,(H,15,19). The highest BCUT2D eigenvalue weighted by Gasteiger charge is 2.27. The Kier molecular flexibility index (Phi) is 4.75. The lowest BCUT2D eigenvalue weighted by Crippen LogP contribution is -2.53. The molecule has 0 unspecified atom stereocenters. The predicted octanol–water partition coefficient (Wildman–Crippen LogP) is -0.192. The number of carbonyl (C=O) groups excluding carboxylic acids is 1. The largest absolute Gasteiger partial charge is 0.379 e. The highest BCUT2D eigenvalue weighted by Crippen LogP contribution is 2.19. The zero-order chi connectivity index (χ0) is 13.8. The second kappa shape index (κ2) is 6.74. The fraction of sp³-hybridized carbons (Fsp3) is 0.929. The lowest BCUT2D eigenvalue weighted by Gasteiger charge is -2.36. The van der Waals surface area contributed by atoms with Gasteiger partial charge < -0.3 is 15.0 Å². The van der Waals surface area contributed by atoms with Gasteiger partial charge in [0.2, 0.25) is 0 Å². The van der Waals surface area contributed by atoms with E-state index in [1.54, 1.807) is 0 Å². The van der Waals surface area contributed by atoms with Crippen molar-refractivity contribution in [3.63, 3.8) is 0 Å². The van der Waals surface area contributed by atoms with E-state index in [-0.39, 0.29) is 6.03 Å². The van der Waals surface area contributed by atoms with Crippen molar-refractivity contribution >= 4 is 6.03 Å². The van der Waals surface area contributed by atoms with E-state index in [1.165, 1.54) is 0 Å². The van der Waals surface area contributed by atoms with E-state index >= 15 is 0 Å². The van der Waals surface area contributed by atoms with Crippen LogP contribution in [0, 0.1) is 0 Å². The van der Waals surface area contributed by atoms with Gasteiger partial charge in [0, 0.05) is 58.4 Å². The second-order valence-corrected chi connectivity index (χ2v) is 6.01. The minimum Gasteiger partial charge on any atom is -0.379 e. The van der Waals surface area contributed by atoms with Crippen molar-refractivity contribution in [2.75, 3.05) is 65.6 Å². The lowest BCUT2D eigenvalue weighted by molar-refractivity contribution is 0.0309. The summed E-state index contributed by atoms with van der Waals surface area (Å²) in [6.07, 6.45) is 2.32. The van der Waals surface area contributed by atoms with E-state index in [0.717, 1.165) is 78.4 Å². The third kappa shape index (κ3) is 4.07. The Bertz CT molecular complexity index is 321. The summed E-state index contributed by atoms with van der Waals surface area (Å²) in [5, 5.41) is 3.07. The molecule has 6 nitrogen and oxygen atoms in total. The molecule has 3 aliphatic rings. The number of hydrogen-bond donors (Lipinski definition) is 1. The number of hydrogen-bond acceptors (Lipinski definition) is 4. The fourth-order valence-corrected chi connectivity index (χ4v) is 2.78. The number of nitrogens with zero attached hydrogens (tertiary/aromatic N) is 3. The molecule has 2 saturated heterocycles. The van der Waals surface area contributed by atoms with E-state index in [1.807, 2.05) is 4.90 Å². The number of urea groups is 1. The van der Waals surface area contributed by atoms with Crippen LogP contribution in [-0.4, -0.2) is 92.3 Å². The van der Waals surface area contributed by atoms with Crippen LogP contribution in [0.1, 0.15) is 12.8 Å². The third-order valence-electron chi connectivity index (χ3n) is 4.40. The minimum absolute atomic E-state index is 0.139. The van der Waals surface area contributed by atoms with E-state index in [2.05, 4.69) is 15.1 Å². The summed E-state index contributed by atoms with van der Waals surface area (Å²) < 4.78 is 5.36. The second-order valence-electron chi connectivity index (χ2n) is 6.01. The van der Waals surface area contributed by atoms with Crippen LogP contribution in [0.2, 0.25) is 0 Å². The minimum atomic E-state index is 0.139. The van der Waals surface area contributed by atoms with Gasteiger partial charge >= 0.3 is 6.03 Å². The SMILES string of the molecule is O=C(NC1CC1)N1CCN(CCN2CCOCC2)CC1. The molecule has 114 valence electrons. The van der Waals surface area contributed by atoms with E-state index in [4.69, 9.17) is 4.74 Å². The van der Waals surface area contributed by atoms with Crippen molar-refractivity contribution in [3.8, 4) is 0 Å². The maximum absolute atomic E-state index is 11.9. The van der Waals surface area contributed by atoms with Gasteiger partial charge in [0.25, 0.3) is 0 Å². The monoisotopic (exact) mass is 282 g/mol. The molecule has 20 heavy (non-hydrogen) atoms. The van der Waals surface area contributed by atoms with Crippen LogP contribution in [-0.2, 0) is 4.74 Å². The summed E-state index contributed by atoms with van der Waals surface area (Å²) >= 11 is 0. The molecular formula is C14H26N4O2. The van der Waals surface area contributed by atoms with Gasteiger partial charge in [-0.3, -0.25) is 9.80 Å². The number of morpholine rings is 1. The molecule has 0 aromatic carbocycles. The van der Waals surface area contributed by atoms with E-state index < -0.39 is 0 Å². The molecule has 0 aromatic rings. The quantitative estimate of drug-likeness (QED) is 0.776. The lowest BCUT2D eigenvalue weighted by atomic mass is 10.3. The topological polar surface area (TPSA) is 48.1 Å². The number of carbonyl (C=O) groups is 1. The molecule has 3 rings (SSSR count). The van der Waals surface area contributed by atoms with Gasteiger partial charge in [-0.05, 0) is 12.8 Å². The molecule has 2 heterocycles. The summed E-state index contributed by atoms with van der Waals surface area (Å²) in [6, 6.07) is 0.599. The molecule has 2 aliphatic heterocycles. The van der Waals surface area contributed by atoms with Crippen molar-refractivity contribution in [2.24, 2.45) is 0 Å².